The Kier molecular flexibility index (Phi) is 8.52. The quantitative estimate of drug-likeness (QED) is 0.346. The molecule has 0 bridgehead atoms. The summed E-state index contributed by atoms with van der Waals surface area (Å²) in [4.78, 5) is 12.0. The van der Waals surface area contributed by atoms with Crippen LogP contribution in [-0.2, 0) is 17.8 Å². The third-order valence-corrected chi connectivity index (χ3v) is 4.98. The fraction of sp³-hybridized carbons (Fsp3) is 0.200. The first-order valence-corrected chi connectivity index (χ1v) is 10.5. The molecule has 6 nitrogen and oxygen atoms in total. The molecule has 3 rings (SSSR count). The largest absolute Gasteiger partial charge is 0.493 e. The molecule has 3 aromatic carbocycles. The maximum Gasteiger partial charge on any atom is 0.277 e. The van der Waals surface area contributed by atoms with Crippen molar-refractivity contribution in [1.29, 1.82) is 0 Å². The standard InChI is InChI=1S/C25H25ClN2O4/c1-3-18-7-6-9-21(13-18)31-17-25(29)28-27-15-19-11-12-23(24(14-19)30-2)32-16-20-8-4-5-10-22(20)26/h4-15H,3,16-17H2,1-2H3,(H,28,29)/b27-15+. The summed E-state index contributed by atoms with van der Waals surface area (Å²) in [7, 11) is 1.56. The molecule has 0 atom stereocenters. The van der Waals surface area contributed by atoms with Crippen LogP contribution in [-0.4, -0.2) is 25.8 Å². The minimum atomic E-state index is -0.352. The van der Waals surface area contributed by atoms with E-state index in [1.54, 1.807) is 19.2 Å². The van der Waals surface area contributed by atoms with Gasteiger partial charge in [-0.2, -0.15) is 5.10 Å². The van der Waals surface area contributed by atoms with Crippen LogP contribution in [0.5, 0.6) is 17.2 Å². The van der Waals surface area contributed by atoms with E-state index in [1.165, 1.54) is 6.21 Å². The Bertz CT molecular complexity index is 1090. The van der Waals surface area contributed by atoms with Crippen LogP contribution in [0.4, 0.5) is 0 Å². The van der Waals surface area contributed by atoms with Crippen LogP contribution >= 0.6 is 11.6 Å². The van der Waals surface area contributed by atoms with Crippen molar-refractivity contribution < 1.29 is 19.0 Å². The van der Waals surface area contributed by atoms with Crippen molar-refractivity contribution in [2.45, 2.75) is 20.0 Å². The van der Waals surface area contributed by atoms with Gasteiger partial charge in [-0.25, -0.2) is 5.43 Å². The Morgan fingerprint density at radius 2 is 1.88 bits per heavy atom. The average molecular weight is 453 g/mol. The zero-order valence-electron chi connectivity index (χ0n) is 18.0. The summed E-state index contributed by atoms with van der Waals surface area (Å²) >= 11 is 6.17. The Morgan fingerprint density at radius 1 is 1.03 bits per heavy atom. The SMILES string of the molecule is CCc1cccc(OCC(=O)N/N=C/c2ccc(OCc3ccccc3Cl)c(OC)c2)c1. The van der Waals surface area contributed by atoms with Gasteiger partial charge >= 0.3 is 0 Å². The van der Waals surface area contributed by atoms with Crippen LogP contribution in [0.25, 0.3) is 0 Å². The molecule has 0 saturated heterocycles. The Labute approximate surface area is 192 Å². The molecular weight excluding hydrogens is 428 g/mol. The number of hydrogen-bond donors (Lipinski definition) is 1. The van der Waals surface area contributed by atoms with Crippen LogP contribution in [0.3, 0.4) is 0 Å². The van der Waals surface area contributed by atoms with E-state index in [1.807, 2.05) is 54.6 Å². The monoisotopic (exact) mass is 452 g/mol. The van der Waals surface area contributed by atoms with Crippen molar-refractivity contribution in [3.63, 3.8) is 0 Å². The normalized spacial score (nSPS) is 10.7. The van der Waals surface area contributed by atoms with Gasteiger partial charge in [-0.3, -0.25) is 4.79 Å². The molecule has 0 unspecified atom stereocenters. The van der Waals surface area contributed by atoms with Gasteiger partial charge in [0, 0.05) is 10.6 Å². The summed E-state index contributed by atoms with van der Waals surface area (Å²) in [6.07, 6.45) is 2.43. The lowest BCUT2D eigenvalue weighted by Crippen LogP contribution is -2.24. The van der Waals surface area contributed by atoms with Crippen molar-refractivity contribution in [1.82, 2.24) is 5.43 Å². The lowest BCUT2D eigenvalue weighted by Gasteiger charge is -2.12. The number of hydrazone groups is 1. The molecule has 0 saturated carbocycles. The summed E-state index contributed by atoms with van der Waals surface area (Å²) in [6, 6.07) is 20.5. The zero-order valence-corrected chi connectivity index (χ0v) is 18.8. The van der Waals surface area contributed by atoms with E-state index >= 15 is 0 Å². The highest BCUT2D eigenvalue weighted by atomic mass is 35.5. The minimum absolute atomic E-state index is 0.122. The molecule has 0 heterocycles. The van der Waals surface area contributed by atoms with Gasteiger partial charge in [-0.15, -0.1) is 0 Å². The van der Waals surface area contributed by atoms with Crippen molar-refractivity contribution in [3.8, 4) is 17.2 Å². The third-order valence-electron chi connectivity index (χ3n) is 4.61. The average Bonchev–Trinajstić information content (AvgIpc) is 2.82. The number of benzene rings is 3. The van der Waals surface area contributed by atoms with Crippen LogP contribution in [0.1, 0.15) is 23.6 Å². The van der Waals surface area contributed by atoms with Gasteiger partial charge in [0.15, 0.2) is 18.1 Å². The number of methoxy groups -OCH3 is 1. The number of hydrogen-bond acceptors (Lipinski definition) is 5. The minimum Gasteiger partial charge on any atom is -0.493 e. The highest BCUT2D eigenvalue weighted by molar-refractivity contribution is 6.31. The van der Waals surface area contributed by atoms with Crippen molar-refractivity contribution in [2.75, 3.05) is 13.7 Å². The molecule has 0 aliphatic heterocycles. The number of nitrogens with one attached hydrogen (secondary N) is 1. The van der Waals surface area contributed by atoms with Gasteiger partial charge in [0.25, 0.3) is 5.91 Å². The van der Waals surface area contributed by atoms with E-state index in [2.05, 4.69) is 17.5 Å². The smallest absolute Gasteiger partial charge is 0.277 e. The third kappa shape index (κ3) is 6.75. The highest BCUT2D eigenvalue weighted by Gasteiger charge is 2.07. The number of nitrogens with zero attached hydrogens (tertiary/aromatic N) is 1. The summed E-state index contributed by atoms with van der Waals surface area (Å²) in [5, 5.41) is 4.63. The van der Waals surface area contributed by atoms with Gasteiger partial charge in [0.2, 0.25) is 0 Å². The summed E-state index contributed by atoms with van der Waals surface area (Å²) < 4.78 is 16.8. The molecule has 32 heavy (non-hydrogen) atoms. The van der Waals surface area contributed by atoms with E-state index in [9.17, 15) is 4.79 Å². The summed E-state index contributed by atoms with van der Waals surface area (Å²) in [5.74, 6) is 1.43. The van der Waals surface area contributed by atoms with E-state index in [4.69, 9.17) is 25.8 Å². The molecule has 0 aliphatic rings. The molecule has 0 aliphatic carbocycles. The zero-order chi connectivity index (χ0) is 22.8. The maximum atomic E-state index is 12.0. The van der Waals surface area contributed by atoms with Gasteiger partial charge in [0.1, 0.15) is 12.4 Å². The number of carbonyl (C=O) groups excluding carboxylic acids is 1. The predicted molar refractivity (Wildman–Crippen MR) is 126 cm³/mol. The molecule has 0 radical (unpaired) electrons. The second kappa shape index (κ2) is 11.8. The van der Waals surface area contributed by atoms with Crippen LogP contribution in [0, 0.1) is 0 Å². The first-order chi connectivity index (χ1) is 15.6. The topological polar surface area (TPSA) is 69.2 Å². The van der Waals surface area contributed by atoms with Crippen molar-refractivity contribution in [2.24, 2.45) is 5.10 Å². The van der Waals surface area contributed by atoms with Crippen molar-refractivity contribution in [3.05, 3.63) is 88.4 Å². The molecule has 3 aromatic rings. The Morgan fingerprint density at radius 3 is 2.66 bits per heavy atom. The van der Waals surface area contributed by atoms with E-state index in [0.29, 0.717) is 28.9 Å². The van der Waals surface area contributed by atoms with Gasteiger partial charge in [0.05, 0.1) is 13.3 Å². The Hall–Kier alpha value is -3.51. The summed E-state index contributed by atoms with van der Waals surface area (Å²) in [5.41, 5.74) is 5.22. The fourth-order valence-corrected chi connectivity index (χ4v) is 3.06. The molecule has 0 fully saturated rings. The first kappa shape index (κ1) is 23.2. The van der Waals surface area contributed by atoms with E-state index in [-0.39, 0.29) is 12.5 Å². The number of carbonyl (C=O) groups is 1. The number of ether oxygens (including phenoxy) is 3. The second-order valence-electron chi connectivity index (χ2n) is 6.87. The molecule has 1 amide bonds. The van der Waals surface area contributed by atoms with Crippen molar-refractivity contribution >= 4 is 23.7 Å². The first-order valence-electron chi connectivity index (χ1n) is 10.2. The molecule has 0 spiro atoms. The lowest BCUT2D eigenvalue weighted by molar-refractivity contribution is -0.123. The van der Waals surface area contributed by atoms with Gasteiger partial charge in [-0.1, -0.05) is 48.9 Å². The molecular formula is C25H25ClN2O4. The van der Waals surface area contributed by atoms with E-state index in [0.717, 1.165) is 23.1 Å². The molecule has 7 heteroatoms. The number of amides is 1. The number of aryl methyl sites for hydroxylation is 1. The molecule has 1 N–H and O–H groups in total. The highest BCUT2D eigenvalue weighted by Crippen LogP contribution is 2.29. The molecule has 0 aromatic heterocycles. The Balaban J connectivity index is 1.52. The van der Waals surface area contributed by atoms with Crippen LogP contribution in [0.15, 0.2) is 71.8 Å². The molecule has 166 valence electrons. The lowest BCUT2D eigenvalue weighted by atomic mass is 10.2. The second-order valence-corrected chi connectivity index (χ2v) is 7.28. The predicted octanol–water partition coefficient (Wildman–Crippen LogP) is 5.02. The number of halogens is 1. The van der Waals surface area contributed by atoms with Crippen LogP contribution < -0.4 is 19.6 Å². The maximum absolute atomic E-state index is 12.0. The van der Waals surface area contributed by atoms with Crippen LogP contribution in [0.2, 0.25) is 5.02 Å². The van der Waals surface area contributed by atoms with E-state index < -0.39 is 0 Å². The van der Waals surface area contributed by atoms with Gasteiger partial charge < -0.3 is 14.2 Å². The summed E-state index contributed by atoms with van der Waals surface area (Å²) in [6.45, 7) is 2.26. The fourth-order valence-electron chi connectivity index (χ4n) is 2.87. The van der Waals surface area contributed by atoms with Gasteiger partial charge in [-0.05, 0) is 53.9 Å². The number of rotatable bonds is 10.